The van der Waals surface area contributed by atoms with Gasteiger partial charge in [0.1, 0.15) is 11.6 Å². The number of rotatable bonds is 9. The van der Waals surface area contributed by atoms with Crippen molar-refractivity contribution in [1.82, 2.24) is 0 Å². The average Bonchev–Trinajstić information content (AvgIpc) is 2.40. The van der Waals surface area contributed by atoms with Crippen molar-refractivity contribution >= 4 is 0 Å². The third-order valence-corrected chi connectivity index (χ3v) is 3.40. The maximum atomic E-state index is 13.4. The Bertz CT molecular complexity index is 366. The summed E-state index contributed by atoms with van der Waals surface area (Å²) in [6, 6.07) is 3.22. The van der Waals surface area contributed by atoms with Gasteiger partial charge in [-0.05, 0) is 24.6 Å². The van der Waals surface area contributed by atoms with Gasteiger partial charge in [0.15, 0.2) is 0 Å². The van der Waals surface area contributed by atoms with E-state index < -0.39 is 17.7 Å². The minimum absolute atomic E-state index is 0.0750. The molecule has 1 unspecified atom stereocenters. The van der Waals surface area contributed by atoms with Crippen molar-refractivity contribution in [3.05, 3.63) is 35.4 Å². The lowest BCUT2D eigenvalue weighted by Gasteiger charge is -2.12. The molecular weight excluding hydrogens is 246 g/mol. The molecule has 0 amide bonds. The van der Waals surface area contributed by atoms with Crippen LogP contribution in [0, 0.1) is 11.6 Å². The lowest BCUT2D eigenvalue weighted by Crippen LogP contribution is -2.01. The molecule has 0 radical (unpaired) electrons. The number of hydrogen-bond acceptors (Lipinski definition) is 1. The highest BCUT2D eigenvalue weighted by Gasteiger charge is 2.13. The minimum atomic E-state index is -0.897. The van der Waals surface area contributed by atoms with Gasteiger partial charge in [-0.25, -0.2) is 8.78 Å². The first-order valence-electron chi connectivity index (χ1n) is 7.28. The summed E-state index contributed by atoms with van der Waals surface area (Å²) in [5.41, 5.74) is 0.0750. The smallest absolute Gasteiger partial charge is 0.129 e. The second-order valence-corrected chi connectivity index (χ2v) is 5.09. The van der Waals surface area contributed by atoms with E-state index >= 15 is 0 Å². The van der Waals surface area contributed by atoms with Gasteiger partial charge in [0.05, 0.1) is 6.10 Å². The molecular formula is C16H24F2O. The van der Waals surface area contributed by atoms with Crippen molar-refractivity contribution in [3.63, 3.8) is 0 Å². The van der Waals surface area contributed by atoms with Gasteiger partial charge in [-0.2, -0.15) is 0 Å². The van der Waals surface area contributed by atoms with E-state index in [0.29, 0.717) is 6.42 Å². The third kappa shape index (κ3) is 6.15. The fraction of sp³-hybridized carbons (Fsp3) is 0.625. The molecule has 1 atom stereocenters. The van der Waals surface area contributed by atoms with E-state index in [4.69, 9.17) is 0 Å². The van der Waals surface area contributed by atoms with Gasteiger partial charge >= 0.3 is 0 Å². The standard InChI is InChI=1S/C16H24F2O/c1-2-3-4-5-6-7-8-9-16(19)14-12-13(17)10-11-15(14)18/h10-12,16,19H,2-9H2,1H3. The maximum Gasteiger partial charge on any atom is 0.129 e. The molecule has 0 saturated heterocycles. The van der Waals surface area contributed by atoms with E-state index in [1.165, 1.54) is 25.7 Å². The molecule has 0 saturated carbocycles. The van der Waals surface area contributed by atoms with Gasteiger partial charge in [-0.1, -0.05) is 51.9 Å². The molecule has 0 aliphatic carbocycles. The van der Waals surface area contributed by atoms with Crippen LogP contribution in [0.3, 0.4) is 0 Å². The number of aliphatic hydroxyl groups excluding tert-OH is 1. The Labute approximate surface area is 114 Å². The summed E-state index contributed by atoms with van der Waals surface area (Å²) in [7, 11) is 0. The second-order valence-electron chi connectivity index (χ2n) is 5.09. The van der Waals surface area contributed by atoms with Crippen molar-refractivity contribution in [2.24, 2.45) is 0 Å². The van der Waals surface area contributed by atoms with Crippen molar-refractivity contribution < 1.29 is 13.9 Å². The first-order chi connectivity index (χ1) is 9.15. The molecule has 0 aromatic heterocycles. The Morgan fingerprint density at radius 2 is 1.63 bits per heavy atom. The molecule has 1 nitrogen and oxygen atoms in total. The summed E-state index contributed by atoms with van der Waals surface area (Å²) in [5.74, 6) is -1.04. The molecule has 0 aliphatic heterocycles. The van der Waals surface area contributed by atoms with Gasteiger partial charge < -0.3 is 5.11 Å². The monoisotopic (exact) mass is 270 g/mol. The second kappa shape index (κ2) is 9.03. The number of aliphatic hydroxyl groups is 1. The predicted molar refractivity (Wildman–Crippen MR) is 73.9 cm³/mol. The van der Waals surface area contributed by atoms with Crippen molar-refractivity contribution in [3.8, 4) is 0 Å². The minimum Gasteiger partial charge on any atom is -0.388 e. The lowest BCUT2D eigenvalue weighted by molar-refractivity contribution is 0.158. The fourth-order valence-electron chi connectivity index (χ4n) is 2.22. The largest absolute Gasteiger partial charge is 0.388 e. The topological polar surface area (TPSA) is 20.2 Å². The number of unbranched alkanes of at least 4 members (excludes halogenated alkanes) is 6. The molecule has 0 fully saturated rings. The zero-order valence-corrected chi connectivity index (χ0v) is 11.7. The zero-order chi connectivity index (χ0) is 14.1. The van der Waals surface area contributed by atoms with E-state index in [-0.39, 0.29) is 5.56 Å². The number of hydrogen-bond donors (Lipinski definition) is 1. The molecule has 19 heavy (non-hydrogen) atoms. The highest BCUT2D eigenvalue weighted by molar-refractivity contribution is 5.20. The van der Waals surface area contributed by atoms with Gasteiger partial charge in [0.2, 0.25) is 0 Å². The number of halogens is 2. The average molecular weight is 270 g/mol. The molecule has 1 aromatic rings. The van der Waals surface area contributed by atoms with Crippen LogP contribution < -0.4 is 0 Å². The fourth-order valence-corrected chi connectivity index (χ4v) is 2.22. The van der Waals surface area contributed by atoms with E-state index in [1.54, 1.807) is 0 Å². The van der Waals surface area contributed by atoms with Crippen LogP contribution in [0.2, 0.25) is 0 Å². The molecule has 3 heteroatoms. The van der Waals surface area contributed by atoms with E-state index in [0.717, 1.165) is 37.5 Å². The zero-order valence-electron chi connectivity index (χ0n) is 11.7. The highest BCUT2D eigenvalue weighted by Crippen LogP contribution is 2.23. The van der Waals surface area contributed by atoms with E-state index in [2.05, 4.69) is 6.92 Å². The lowest BCUT2D eigenvalue weighted by atomic mass is 10.0. The Hall–Kier alpha value is -0.960. The van der Waals surface area contributed by atoms with Crippen molar-refractivity contribution in [1.29, 1.82) is 0 Å². The summed E-state index contributed by atoms with van der Waals surface area (Å²) >= 11 is 0. The van der Waals surface area contributed by atoms with Gasteiger partial charge in [-0.3, -0.25) is 0 Å². The summed E-state index contributed by atoms with van der Waals surface area (Å²) in [6.07, 6.45) is 7.63. The van der Waals surface area contributed by atoms with Gasteiger partial charge in [0.25, 0.3) is 0 Å². The normalized spacial score (nSPS) is 12.6. The molecule has 108 valence electrons. The first kappa shape index (κ1) is 16.1. The predicted octanol–water partition coefficient (Wildman–Crippen LogP) is 5.14. The summed E-state index contributed by atoms with van der Waals surface area (Å²) in [6.45, 7) is 2.18. The van der Waals surface area contributed by atoms with E-state index in [9.17, 15) is 13.9 Å². The molecule has 0 bridgehead atoms. The first-order valence-corrected chi connectivity index (χ1v) is 7.28. The van der Waals surface area contributed by atoms with E-state index in [1.807, 2.05) is 0 Å². The molecule has 0 heterocycles. The van der Waals surface area contributed by atoms with Gasteiger partial charge in [-0.15, -0.1) is 0 Å². The van der Waals surface area contributed by atoms with Crippen molar-refractivity contribution in [2.75, 3.05) is 0 Å². The van der Waals surface area contributed by atoms with Crippen LogP contribution >= 0.6 is 0 Å². The van der Waals surface area contributed by atoms with Gasteiger partial charge in [0, 0.05) is 5.56 Å². The quantitative estimate of drug-likeness (QED) is 0.616. The summed E-state index contributed by atoms with van der Waals surface area (Å²) < 4.78 is 26.4. The number of benzene rings is 1. The van der Waals surface area contributed by atoms with Crippen LogP contribution in [0.25, 0.3) is 0 Å². The van der Waals surface area contributed by atoms with Crippen LogP contribution in [0.4, 0.5) is 8.78 Å². The molecule has 0 spiro atoms. The third-order valence-electron chi connectivity index (χ3n) is 3.40. The SMILES string of the molecule is CCCCCCCCCC(O)c1cc(F)ccc1F. The Kier molecular flexibility index (Phi) is 7.65. The van der Waals surface area contributed by atoms with Crippen LogP contribution in [-0.2, 0) is 0 Å². The highest BCUT2D eigenvalue weighted by atomic mass is 19.1. The Balaban J connectivity index is 2.23. The van der Waals surface area contributed by atoms with Crippen LogP contribution in [-0.4, -0.2) is 5.11 Å². The van der Waals surface area contributed by atoms with Crippen molar-refractivity contribution in [2.45, 2.75) is 64.4 Å². The van der Waals surface area contributed by atoms with Crippen LogP contribution in [0.1, 0.15) is 70.0 Å². The molecule has 1 N–H and O–H groups in total. The molecule has 1 rings (SSSR count). The van der Waals surface area contributed by atoms with Crippen LogP contribution in [0.5, 0.6) is 0 Å². The Morgan fingerprint density at radius 3 is 2.32 bits per heavy atom. The summed E-state index contributed by atoms with van der Waals surface area (Å²) in [4.78, 5) is 0. The summed E-state index contributed by atoms with van der Waals surface area (Å²) in [5, 5.41) is 9.86. The molecule has 0 aliphatic rings. The Morgan fingerprint density at radius 1 is 1.00 bits per heavy atom. The molecule has 1 aromatic carbocycles. The maximum absolute atomic E-state index is 13.4. The van der Waals surface area contributed by atoms with Crippen LogP contribution in [0.15, 0.2) is 18.2 Å².